The van der Waals surface area contributed by atoms with Crippen molar-refractivity contribution < 1.29 is 23.1 Å². The normalized spacial score (nSPS) is 14.3. The number of phenols is 1. The van der Waals surface area contributed by atoms with Crippen molar-refractivity contribution in [2.24, 2.45) is 0 Å². The molecular formula is C22H18ClF3N2O3S. The monoisotopic (exact) mass is 482 g/mol. The number of nitrogens with zero attached hydrogens (tertiary/aromatic N) is 1. The molecule has 0 aliphatic carbocycles. The lowest BCUT2D eigenvalue weighted by atomic mass is 9.98. The average Bonchev–Trinajstić information content (AvgIpc) is 3.27. The number of aromatic hydroxyl groups is 1. The fraction of sp³-hybridized carbons (Fsp3) is 0.273. The minimum Gasteiger partial charge on any atom is -0.507 e. The second-order valence-electron chi connectivity index (χ2n) is 7.45. The Bertz CT molecular complexity index is 1250. The summed E-state index contributed by atoms with van der Waals surface area (Å²) in [5.41, 5.74) is -1.07. The number of amides is 1. The summed E-state index contributed by atoms with van der Waals surface area (Å²) in [7, 11) is 0. The van der Waals surface area contributed by atoms with Crippen LogP contribution in [0.4, 0.5) is 13.2 Å². The quantitative estimate of drug-likeness (QED) is 0.496. The van der Waals surface area contributed by atoms with E-state index in [0.717, 1.165) is 36.7 Å². The number of nitrogens with one attached hydrogen (secondary N) is 1. The van der Waals surface area contributed by atoms with Crippen molar-refractivity contribution in [3.05, 3.63) is 57.3 Å². The maximum absolute atomic E-state index is 13.4. The van der Waals surface area contributed by atoms with Crippen molar-refractivity contribution in [2.75, 3.05) is 18.8 Å². The zero-order valence-corrected chi connectivity index (χ0v) is 18.2. The van der Waals surface area contributed by atoms with E-state index in [1.807, 2.05) is 0 Å². The molecule has 32 heavy (non-hydrogen) atoms. The van der Waals surface area contributed by atoms with Gasteiger partial charge in [-0.1, -0.05) is 11.6 Å². The first-order valence-electron chi connectivity index (χ1n) is 9.82. The van der Waals surface area contributed by atoms with Crippen LogP contribution in [0.3, 0.4) is 0 Å². The first kappa shape index (κ1) is 22.5. The van der Waals surface area contributed by atoms with Gasteiger partial charge in [-0.2, -0.15) is 13.2 Å². The Morgan fingerprint density at radius 2 is 1.88 bits per heavy atom. The van der Waals surface area contributed by atoms with E-state index in [4.69, 9.17) is 11.6 Å². The SMILES string of the molecule is O=C(CSc1c(-c2cc(Cl)ccc2O)c2cc(C(F)(F)F)ccc2[nH]c1=O)N1CCCC1. The number of alkyl halides is 3. The van der Waals surface area contributed by atoms with E-state index < -0.39 is 17.3 Å². The molecular weight excluding hydrogens is 465 g/mol. The topological polar surface area (TPSA) is 73.4 Å². The number of carbonyl (C=O) groups is 1. The number of H-pyrrole nitrogens is 1. The number of phenolic OH excluding ortho intramolecular Hbond substituents is 1. The Kier molecular flexibility index (Phi) is 6.13. The van der Waals surface area contributed by atoms with Crippen LogP contribution in [-0.4, -0.2) is 39.7 Å². The highest BCUT2D eigenvalue weighted by atomic mass is 35.5. The summed E-state index contributed by atoms with van der Waals surface area (Å²) in [6.07, 6.45) is -2.78. The Morgan fingerprint density at radius 1 is 1.16 bits per heavy atom. The number of carbonyl (C=O) groups excluding carboxylic acids is 1. The largest absolute Gasteiger partial charge is 0.507 e. The van der Waals surface area contributed by atoms with Crippen LogP contribution in [0.25, 0.3) is 22.0 Å². The molecule has 1 amide bonds. The molecule has 1 aliphatic rings. The van der Waals surface area contributed by atoms with Gasteiger partial charge < -0.3 is 15.0 Å². The van der Waals surface area contributed by atoms with Gasteiger partial charge in [0.2, 0.25) is 5.91 Å². The van der Waals surface area contributed by atoms with Gasteiger partial charge in [0.15, 0.2) is 0 Å². The highest BCUT2D eigenvalue weighted by Crippen LogP contribution is 2.42. The molecule has 3 aromatic rings. The van der Waals surface area contributed by atoms with Gasteiger partial charge in [-0.05, 0) is 49.2 Å². The number of pyridine rings is 1. The second kappa shape index (κ2) is 8.71. The number of rotatable bonds is 4. The first-order valence-corrected chi connectivity index (χ1v) is 11.2. The molecule has 1 fully saturated rings. The summed E-state index contributed by atoms with van der Waals surface area (Å²) < 4.78 is 40.2. The summed E-state index contributed by atoms with van der Waals surface area (Å²) in [6.45, 7) is 1.29. The van der Waals surface area contributed by atoms with E-state index >= 15 is 0 Å². The first-order chi connectivity index (χ1) is 15.1. The van der Waals surface area contributed by atoms with Gasteiger partial charge in [-0.15, -0.1) is 11.8 Å². The van der Waals surface area contributed by atoms with E-state index in [1.165, 1.54) is 24.3 Å². The number of likely N-dealkylation sites (tertiary alicyclic amines) is 1. The lowest BCUT2D eigenvalue weighted by molar-refractivity contribution is -0.137. The average molecular weight is 483 g/mol. The van der Waals surface area contributed by atoms with Crippen LogP contribution in [-0.2, 0) is 11.0 Å². The lowest BCUT2D eigenvalue weighted by Crippen LogP contribution is -2.29. The smallest absolute Gasteiger partial charge is 0.416 e. The zero-order valence-electron chi connectivity index (χ0n) is 16.6. The second-order valence-corrected chi connectivity index (χ2v) is 8.88. The predicted molar refractivity (Wildman–Crippen MR) is 118 cm³/mol. The van der Waals surface area contributed by atoms with E-state index in [2.05, 4.69) is 4.98 Å². The molecule has 0 unspecified atom stereocenters. The summed E-state index contributed by atoms with van der Waals surface area (Å²) in [5.74, 6) is -0.453. The molecule has 5 nitrogen and oxygen atoms in total. The van der Waals surface area contributed by atoms with E-state index in [9.17, 15) is 27.9 Å². The maximum Gasteiger partial charge on any atom is 0.416 e. The van der Waals surface area contributed by atoms with Gasteiger partial charge in [0.05, 0.1) is 16.2 Å². The van der Waals surface area contributed by atoms with E-state index in [-0.39, 0.29) is 49.4 Å². The summed E-state index contributed by atoms with van der Waals surface area (Å²) >= 11 is 7.02. The molecule has 0 bridgehead atoms. The fourth-order valence-corrected chi connectivity index (χ4v) is 4.93. The Labute approximate surface area is 190 Å². The van der Waals surface area contributed by atoms with Crippen molar-refractivity contribution in [3.8, 4) is 16.9 Å². The number of aromatic nitrogens is 1. The Hall–Kier alpha value is -2.65. The molecule has 2 N–H and O–H groups in total. The standard InChI is InChI=1S/C22H18ClF3N2O3S/c23-13-4-6-17(29)15(10-13)19-14-9-12(22(24,25)26)3-5-16(14)27-21(31)20(19)32-11-18(30)28-7-1-2-8-28/h3-6,9-10,29H,1-2,7-8,11H2,(H,27,31). The van der Waals surface area contributed by atoms with Gasteiger partial charge in [0.1, 0.15) is 5.75 Å². The molecule has 2 aromatic carbocycles. The molecule has 2 heterocycles. The molecule has 1 saturated heterocycles. The maximum atomic E-state index is 13.4. The fourth-order valence-electron chi connectivity index (χ4n) is 3.76. The van der Waals surface area contributed by atoms with Gasteiger partial charge in [-0.25, -0.2) is 0 Å². The van der Waals surface area contributed by atoms with Crippen molar-refractivity contribution in [1.82, 2.24) is 9.88 Å². The van der Waals surface area contributed by atoms with Crippen LogP contribution in [0.1, 0.15) is 18.4 Å². The highest BCUT2D eigenvalue weighted by molar-refractivity contribution is 8.00. The Balaban J connectivity index is 1.91. The third kappa shape index (κ3) is 4.45. The molecule has 0 spiro atoms. The van der Waals surface area contributed by atoms with Gasteiger partial charge >= 0.3 is 6.18 Å². The third-order valence-corrected chi connectivity index (χ3v) is 6.63. The molecule has 1 aromatic heterocycles. The van der Waals surface area contributed by atoms with Gasteiger partial charge in [-0.3, -0.25) is 9.59 Å². The zero-order chi connectivity index (χ0) is 23.0. The highest BCUT2D eigenvalue weighted by Gasteiger charge is 2.31. The van der Waals surface area contributed by atoms with E-state index in [1.54, 1.807) is 4.90 Å². The van der Waals surface area contributed by atoms with E-state index in [0.29, 0.717) is 13.1 Å². The number of hydrogen-bond donors (Lipinski definition) is 2. The summed E-state index contributed by atoms with van der Waals surface area (Å²) in [5, 5.41) is 10.8. The molecule has 10 heteroatoms. The van der Waals surface area contributed by atoms with Crippen molar-refractivity contribution in [2.45, 2.75) is 23.9 Å². The van der Waals surface area contributed by atoms with Gasteiger partial charge in [0.25, 0.3) is 5.56 Å². The third-order valence-electron chi connectivity index (χ3n) is 5.32. The lowest BCUT2D eigenvalue weighted by Gasteiger charge is -2.17. The van der Waals surface area contributed by atoms with Crippen LogP contribution in [0.15, 0.2) is 46.1 Å². The Morgan fingerprint density at radius 3 is 2.56 bits per heavy atom. The van der Waals surface area contributed by atoms with Crippen molar-refractivity contribution >= 4 is 40.2 Å². The number of benzene rings is 2. The van der Waals surface area contributed by atoms with Crippen molar-refractivity contribution in [3.63, 3.8) is 0 Å². The van der Waals surface area contributed by atoms with Crippen LogP contribution >= 0.6 is 23.4 Å². The number of thioether (sulfide) groups is 1. The number of halogens is 4. The van der Waals surface area contributed by atoms with Gasteiger partial charge in [0, 0.05) is 40.1 Å². The van der Waals surface area contributed by atoms with Crippen LogP contribution in [0, 0.1) is 0 Å². The molecule has 168 valence electrons. The predicted octanol–water partition coefficient (Wildman–Crippen LogP) is 5.29. The number of hydrogen-bond acceptors (Lipinski definition) is 4. The molecule has 1 aliphatic heterocycles. The number of fused-ring (bicyclic) bond motifs is 1. The summed E-state index contributed by atoms with van der Waals surface area (Å²) in [4.78, 5) is 29.8. The van der Waals surface area contributed by atoms with Crippen molar-refractivity contribution in [1.29, 1.82) is 0 Å². The molecule has 0 radical (unpaired) electrons. The minimum absolute atomic E-state index is 0.0435. The van der Waals surface area contributed by atoms with Crippen LogP contribution in [0.2, 0.25) is 5.02 Å². The minimum atomic E-state index is -4.60. The van der Waals surface area contributed by atoms with Crippen LogP contribution in [0.5, 0.6) is 5.75 Å². The molecule has 0 saturated carbocycles. The number of aromatic amines is 1. The van der Waals surface area contributed by atoms with Crippen LogP contribution < -0.4 is 5.56 Å². The summed E-state index contributed by atoms with van der Waals surface area (Å²) in [6, 6.07) is 7.10. The molecule has 0 atom stereocenters. The molecule has 4 rings (SSSR count).